The second kappa shape index (κ2) is 6.34. The number of hydrogen-bond donors (Lipinski definition) is 1. The van der Waals surface area contributed by atoms with Crippen molar-refractivity contribution in [3.63, 3.8) is 0 Å². The first-order valence-electron chi connectivity index (χ1n) is 5.58. The third kappa shape index (κ3) is 3.45. The summed E-state index contributed by atoms with van der Waals surface area (Å²) in [5, 5.41) is 0.194. The molecule has 0 fully saturated rings. The van der Waals surface area contributed by atoms with E-state index in [1.807, 2.05) is 19.1 Å². The molecule has 7 heteroatoms. The third-order valence-electron chi connectivity index (χ3n) is 2.47. The third-order valence-corrected chi connectivity index (χ3v) is 6.20. The van der Waals surface area contributed by atoms with Crippen LogP contribution >= 0.6 is 46.2 Å². The topological polar surface area (TPSA) is 51.8 Å². The van der Waals surface area contributed by atoms with E-state index in [1.54, 1.807) is 23.1 Å². The number of aromatic nitrogens is 2. The number of aryl methyl sites for hydroxylation is 1. The van der Waals surface area contributed by atoms with Gasteiger partial charge in [0.1, 0.15) is 5.82 Å². The molecular weight excluding hydrogens is 306 g/mol. The Hall–Kier alpha value is -0.140. The van der Waals surface area contributed by atoms with Gasteiger partial charge in [-0.05, 0) is 37.0 Å². The lowest BCUT2D eigenvalue weighted by Crippen LogP contribution is -2.25. The molecule has 2 unspecified atom stereocenters. The van der Waals surface area contributed by atoms with Crippen LogP contribution in [0.15, 0.2) is 16.5 Å². The van der Waals surface area contributed by atoms with E-state index < -0.39 is 0 Å². The van der Waals surface area contributed by atoms with Crippen molar-refractivity contribution in [2.45, 2.75) is 35.9 Å². The van der Waals surface area contributed by atoms with Gasteiger partial charge in [-0.15, -0.1) is 11.3 Å². The number of thioether (sulfide) groups is 1. The summed E-state index contributed by atoms with van der Waals surface area (Å²) in [5.41, 5.74) is 6.21. The molecule has 0 amide bonds. The first-order valence-corrected chi connectivity index (χ1v) is 8.42. The molecule has 0 spiro atoms. The van der Waals surface area contributed by atoms with Crippen LogP contribution in [-0.2, 0) is 0 Å². The Labute approximate surface area is 124 Å². The van der Waals surface area contributed by atoms with Crippen molar-refractivity contribution in [2.24, 2.45) is 5.73 Å². The second-order valence-corrected chi connectivity index (χ2v) is 7.75. The van der Waals surface area contributed by atoms with Crippen LogP contribution in [0.2, 0.25) is 4.34 Å². The molecule has 0 aliphatic heterocycles. The van der Waals surface area contributed by atoms with E-state index in [-0.39, 0.29) is 11.3 Å². The predicted molar refractivity (Wildman–Crippen MR) is 80.8 cm³/mol. The van der Waals surface area contributed by atoms with Crippen LogP contribution in [0.25, 0.3) is 0 Å². The number of rotatable bonds is 5. The van der Waals surface area contributed by atoms with Gasteiger partial charge in [-0.1, -0.05) is 30.3 Å². The van der Waals surface area contributed by atoms with Gasteiger partial charge in [-0.25, -0.2) is 4.98 Å². The lowest BCUT2D eigenvalue weighted by Gasteiger charge is -2.19. The van der Waals surface area contributed by atoms with Crippen molar-refractivity contribution in [2.75, 3.05) is 0 Å². The Balaban J connectivity index is 2.20. The van der Waals surface area contributed by atoms with E-state index in [9.17, 15) is 0 Å². The molecule has 98 valence electrons. The van der Waals surface area contributed by atoms with Crippen LogP contribution in [0.4, 0.5) is 0 Å². The molecule has 2 atom stereocenters. The summed E-state index contributed by atoms with van der Waals surface area (Å²) < 4.78 is 5.96. The lowest BCUT2D eigenvalue weighted by atomic mass is 10.1. The molecule has 2 N–H and O–H groups in total. The Bertz CT molecular complexity index is 511. The van der Waals surface area contributed by atoms with Crippen molar-refractivity contribution in [1.82, 2.24) is 9.36 Å². The van der Waals surface area contributed by atoms with E-state index in [0.29, 0.717) is 0 Å². The summed E-state index contributed by atoms with van der Waals surface area (Å²) in [6, 6.07) is 4.06. The van der Waals surface area contributed by atoms with Gasteiger partial charge in [0.05, 0.1) is 9.59 Å². The smallest absolute Gasteiger partial charge is 0.170 e. The van der Waals surface area contributed by atoms with Crippen LogP contribution in [0.1, 0.15) is 29.3 Å². The maximum atomic E-state index is 6.21. The average molecular weight is 320 g/mol. The molecule has 0 aliphatic carbocycles. The largest absolute Gasteiger partial charge is 0.326 e. The number of hydrogen-bond acceptors (Lipinski definition) is 6. The Kier molecular flexibility index (Phi) is 5.03. The van der Waals surface area contributed by atoms with Crippen LogP contribution in [-0.4, -0.2) is 15.4 Å². The molecule has 2 rings (SSSR count). The highest BCUT2D eigenvalue weighted by molar-refractivity contribution is 8.01. The van der Waals surface area contributed by atoms with E-state index in [4.69, 9.17) is 17.3 Å². The fraction of sp³-hybridized carbons (Fsp3) is 0.455. The maximum absolute atomic E-state index is 6.21. The molecule has 2 heterocycles. The van der Waals surface area contributed by atoms with Crippen molar-refractivity contribution in [3.8, 4) is 0 Å². The van der Waals surface area contributed by atoms with Gasteiger partial charge in [0, 0.05) is 10.9 Å². The number of halogens is 1. The van der Waals surface area contributed by atoms with Gasteiger partial charge in [-0.3, -0.25) is 0 Å². The Morgan fingerprint density at radius 1 is 1.50 bits per heavy atom. The second-order valence-electron chi connectivity index (χ2n) is 3.86. The molecule has 0 aromatic carbocycles. The molecule has 18 heavy (non-hydrogen) atoms. The van der Waals surface area contributed by atoms with Crippen molar-refractivity contribution in [1.29, 1.82) is 0 Å². The van der Waals surface area contributed by atoms with Crippen LogP contribution in [0, 0.1) is 6.92 Å². The maximum Gasteiger partial charge on any atom is 0.170 e. The van der Waals surface area contributed by atoms with Gasteiger partial charge in [0.15, 0.2) is 4.34 Å². The van der Waals surface area contributed by atoms with Crippen LogP contribution in [0.3, 0.4) is 0 Å². The normalized spacial score (nSPS) is 14.7. The molecule has 2 aromatic heterocycles. The fourth-order valence-electron chi connectivity index (χ4n) is 1.49. The van der Waals surface area contributed by atoms with E-state index in [2.05, 4.69) is 16.3 Å². The zero-order valence-electron chi connectivity index (χ0n) is 10.1. The standard InChI is InChI=1S/C11H14ClN3S3/c1-3-7(13)10(8-4-5-9(12)16-8)17-11-14-6(2)15-18-11/h4-5,7,10H,3,13H2,1-2H3. The summed E-state index contributed by atoms with van der Waals surface area (Å²) in [4.78, 5) is 5.59. The summed E-state index contributed by atoms with van der Waals surface area (Å²) in [6.07, 6.45) is 0.922. The fourth-order valence-corrected chi connectivity index (χ4v) is 4.88. The van der Waals surface area contributed by atoms with Crippen LogP contribution in [0.5, 0.6) is 0 Å². The summed E-state index contributed by atoms with van der Waals surface area (Å²) >= 11 is 10.7. The van der Waals surface area contributed by atoms with Crippen molar-refractivity contribution in [3.05, 3.63) is 27.2 Å². The highest BCUT2D eigenvalue weighted by Crippen LogP contribution is 2.42. The average Bonchev–Trinajstić information content (AvgIpc) is 2.94. The monoisotopic (exact) mass is 319 g/mol. The lowest BCUT2D eigenvalue weighted by molar-refractivity contribution is 0.639. The quantitative estimate of drug-likeness (QED) is 0.842. The van der Waals surface area contributed by atoms with E-state index in [1.165, 1.54) is 16.4 Å². The summed E-state index contributed by atoms with van der Waals surface area (Å²) in [6.45, 7) is 4.00. The number of nitrogens with two attached hydrogens (primary N) is 1. The molecular formula is C11H14ClN3S3. The highest BCUT2D eigenvalue weighted by atomic mass is 35.5. The predicted octanol–water partition coefficient (Wildman–Crippen LogP) is 4.13. The van der Waals surface area contributed by atoms with Gasteiger partial charge >= 0.3 is 0 Å². The van der Waals surface area contributed by atoms with Crippen molar-refractivity contribution < 1.29 is 0 Å². The minimum Gasteiger partial charge on any atom is -0.326 e. The number of thiophene rings is 1. The SMILES string of the molecule is CCC(N)C(Sc1nc(C)ns1)c1ccc(Cl)s1. The zero-order chi connectivity index (χ0) is 13.1. The zero-order valence-corrected chi connectivity index (χ0v) is 13.3. The van der Waals surface area contributed by atoms with Crippen LogP contribution < -0.4 is 5.73 Å². The molecule has 2 aromatic rings. The first kappa shape index (κ1) is 14.3. The summed E-state index contributed by atoms with van der Waals surface area (Å²) in [5.74, 6) is 0.815. The van der Waals surface area contributed by atoms with Gasteiger partial charge in [0.25, 0.3) is 0 Å². The van der Waals surface area contributed by atoms with E-state index >= 15 is 0 Å². The molecule has 0 saturated carbocycles. The van der Waals surface area contributed by atoms with Gasteiger partial charge in [0.2, 0.25) is 0 Å². The molecule has 0 bridgehead atoms. The van der Waals surface area contributed by atoms with Crippen molar-refractivity contribution >= 4 is 46.2 Å². The molecule has 0 radical (unpaired) electrons. The minimum atomic E-state index is 0.0916. The van der Waals surface area contributed by atoms with E-state index in [0.717, 1.165) is 20.9 Å². The highest BCUT2D eigenvalue weighted by Gasteiger charge is 2.23. The minimum absolute atomic E-state index is 0.0916. The van der Waals surface area contributed by atoms with Gasteiger partial charge in [-0.2, -0.15) is 4.37 Å². The Morgan fingerprint density at radius 3 is 2.78 bits per heavy atom. The molecule has 0 saturated heterocycles. The summed E-state index contributed by atoms with van der Waals surface area (Å²) in [7, 11) is 0. The Morgan fingerprint density at radius 2 is 2.28 bits per heavy atom. The molecule has 0 aliphatic rings. The number of nitrogens with zero attached hydrogens (tertiary/aromatic N) is 2. The van der Waals surface area contributed by atoms with Gasteiger partial charge < -0.3 is 5.73 Å². The molecule has 3 nitrogen and oxygen atoms in total. The first-order chi connectivity index (χ1) is 8.60.